The third kappa shape index (κ3) is 4.33. The van der Waals surface area contributed by atoms with Crippen molar-refractivity contribution < 1.29 is 19.1 Å². The van der Waals surface area contributed by atoms with Crippen molar-refractivity contribution >= 4 is 28.0 Å². The molecule has 0 spiro atoms. The normalized spacial score (nSPS) is 22.9. The van der Waals surface area contributed by atoms with Gasteiger partial charge in [-0.1, -0.05) is 76.6 Å². The van der Waals surface area contributed by atoms with E-state index in [0.29, 0.717) is 0 Å². The summed E-state index contributed by atoms with van der Waals surface area (Å²) in [6.45, 7) is 5.38. The van der Waals surface area contributed by atoms with E-state index in [1.54, 1.807) is 20.8 Å². The summed E-state index contributed by atoms with van der Waals surface area (Å²) in [6, 6.07) is 18.4. The first kappa shape index (κ1) is 19.4. The maximum atomic E-state index is 13.0. The Kier molecular flexibility index (Phi) is 5.56. The number of carbonyl (C=O) groups excluding carboxylic acids is 2. The van der Waals surface area contributed by atoms with Gasteiger partial charge in [0.25, 0.3) is 0 Å². The zero-order chi connectivity index (χ0) is 19.6. The fourth-order valence-electron chi connectivity index (χ4n) is 3.05. The quantitative estimate of drug-likeness (QED) is 0.382. The van der Waals surface area contributed by atoms with Gasteiger partial charge < -0.3 is 9.47 Å². The molecule has 1 amide bonds. The van der Waals surface area contributed by atoms with Crippen molar-refractivity contribution in [1.82, 2.24) is 4.90 Å². The minimum absolute atomic E-state index is 0.523. The number of alkyl halides is 1. The number of ether oxygens (including phenoxy) is 2. The highest BCUT2D eigenvalue weighted by atomic mass is 79.9. The van der Waals surface area contributed by atoms with Crippen LogP contribution in [0.4, 0.5) is 4.79 Å². The molecule has 3 rings (SSSR count). The van der Waals surface area contributed by atoms with E-state index in [4.69, 9.17) is 9.47 Å². The van der Waals surface area contributed by atoms with Gasteiger partial charge in [-0.3, -0.25) is 4.90 Å². The van der Waals surface area contributed by atoms with E-state index in [9.17, 15) is 9.59 Å². The van der Waals surface area contributed by atoms with Gasteiger partial charge in [-0.05, 0) is 31.9 Å². The van der Waals surface area contributed by atoms with Crippen molar-refractivity contribution in [1.29, 1.82) is 0 Å². The molecule has 0 saturated carbocycles. The molecule has 5 nitrogen and oxygen atoms in total. The monoisotopic (exact) mass is 431 g/mol. The second-order valence-electron chi connectivity index (χ2n) is 7.35. The largest absolute Gasteiger partial charge is 0.453 e. The molecule has 3 atom stereocenters. The lowest BCUT2D eigenvalue weighted by atomic mass is 9.93. The highest BCUT2D eigenvalue weighted by Gasteiger charge is 2.48. The minimum Gasteiger partial charge on any atom is -0.453 e. The number of cyclic esters (lactones) is 1. The molecule has 142 valence electrons. The maximum absolute atomic E-state index is 13.0. The average molecular weight is 432 g/mol. The molecule has 1 heterocycles. The first-order chi connectivity index (χ1) is 12.8. The van der Waals surface area contributed by atoms with Crippen LogP contribution in [0.25, 0.3) is 0 Å². The summed E-state index contributed by atoms with van der Waals surface area (Å²) in [5.41, 5.74) is 0.982. The molecule has 0 N–H and O–H groups in total. The number of hydrogen-bond acceptors (Lipinski definition) is 4. The maximum Gasteiger partial charge on any atom is 0.412 e. The Morgan fingerprint density at radius 2 is 1.52 bits per heavy atom. The lowest BCUT2D eigenvalue weighted by molar-refractivity contribution is -0.167. The minimum atomic E-state index is -0.933. The van der Waals surface area contributed by atoms with Crippen LogP contribution in [0, 0.1) is 0 Å². The van der Waals surface area contributed by atoms with E-state index in [0.717, 1.165) is 11.1 Å². The van der Waals surface area contributed by atoms with Crippen LogP contribution in [-0.2, 0) is 14.3 Å². The third-order valence-corrected chi connectivity index (χ3v) is 4.96. The van der Waals surface area contributed by atoms with Crippen LogP contribution in [0.5, 0.6) is 0 Å². The number of nitrogens with zero attached hydrogens (tertiary/aromatic N) is 1. The molecule has 0 unspecified atom stereocenters. The molecule has 1 fully saturated rings. The Balaban J connectivity index is 2.09. The Hall–Kier alpha value is -2.34. The van der Waals surface area contributed by atoms with E-state index in [1.807, 2.05) is 60.7 Å². The Bertz CT molecular complexity index is 804. The van der Waals surface area contributed by atoms with E-state index in [2.05, 4.69) is 15.9 Å². The summed E-state index contributed by atoms with van der Waals surface area (Å²) < 4.78 is 11.3. The smallest absolute Gasteiger partial charge is 0.412 e. The first-order valence-electron chi connectivity index (χ1n) is 8.74. The molecule has 1 saturated heterocycles. The van der Waals surface area contributed by atoms with Crippen molar-refractivity contribution in [3.8, 4) is 0 Å². The van der Waals surface area contributed by atoms with Crippen molar-refractivity contribution in [2.75, 3.05) is 0 Å². The van der Waals surface area contributed by atoms with E-state index < -0.39 is 34.8 Å². The number of hydrogen-bond donors (Lipinski definition) is 0. The van der Waals surface area contributed by atoms with E-state index in [-0.39, 0.29) is 0 Å². The van der Waals surface area contributed by atoms with Crippen LogP contribution >= 0.6 is 15.9 Å². The summed E-state index contributed by atoms with van der Waals surface area (Å²) in [5.74, 6) is -0.526. The topological polar surface area (TPSA) is 55.8 Å². The molecule has 2 aromatic rings. The van der Waals surface area contributed by atoms with Crippen molar-refractivity contribution in [3.05, 3.63) is 71.8 Å². The highest BCUT2D eigenvalue weighted by Crippen LogP contribution is 2.43. The van der Waals surface area contributed by atoms with Crippen LogP contribution in [0.2, 0.25) is 0 Å². The van der Waals surface area contributed by atoms with Gasteiger partial charge in [0, 0.05) is 0 Å². The molecule has 0 aliphatic carbocycles. The van der Waals surface area contributed by atoms with Gasteiger partial charge in [-0.15, -0.1) is 0 Å². The standard InChI is InChI=1S/C21H22BrNO4/c1-21(2,3)27-20(25)23-16(14-10-6-4-7-11-14)17(26-19(24)18(23)22)15-12-8-5-9-13-15/h4-13,16-18H,1-3H3/t16-,17+,18-/m1/s1. The van der Waals surface area contributed by atoms with E-state index in [1.165, 1.54) is 4.90 Å². The van der Waals surface area contributed by atoms with Gasteiger partial charge in [-0.25, -0.2) is 9.59 Å². The Morgan fingerprint density at radius 1 is 1.00 bits per heavy atom. The third-order valence-electron chi connectivity index (χ3n) is 4.14. The summed E-state index contributed by atoms with van der Waals surface area (Å²) >= 11 is 3.32. The average Bonchev–Trinajstić information content (AvgIpc) is 2.63. The lowest BCUT2D eigenvalue weighted by Gasteiger charge is -2.43. The molecule has 0 aromatic heterocycles. The van der Waals surface area contributed by atoms with Crippen LogP contribution in [0.15, 0.2) is 60.7 Å². The number of halogens is 1. The number of benzene rings is 2. The van der Waals surface area contributed by atoms with Gasteiger partial charge in [0.15, 0.2) is 11.1 Å². The van der Waals surface area contributed by atoms with Gasteiger partial charge in [0.2, 0.25) is 0 Å². The van der Waals surface area contributed by atoms with Gasteiger partial charge in [0.1, 0.15) is 11.6 Å². The first-order valence-corrected chi connectivity index (χ1v) is 9.65. The predicted octanol–water partition coefficient (Wildman–Crippen LogP) is 4.98. The van der Waals surface area contributed by atoms with E-state index >= 15 is 0 Å². The molecular formula is C21H22BrNO4. The fourth-order valence-corrected chi connectivity index (χ4v) is 3.58. The van der Waals surface area contributed by atoms with Crippen LogP contribution < -0.4 is 0 Å². The lowest BCUT2D eigenvalue weighted by Crippen LogP contribution is -2.52. The van der Waals surface area contributed by atoms with Gasteiger partial charge >= 0.3 is 12.1 Å². The molecule has 1 aliphatic rings. The number of carbonyl (C=O) groups is 2. The molecule has 1 aliphatic heterocycles. The van der Waals surface area contributed by atoms with Crippen molar-refractivity contribution in [2.45, 2.75) is 43.5 Å². The molecule has 0 bridgehead atoms. The second kappa shape index (κ2) is 7.72. The SMILES string of the molecule is CC(C)(C)OC(=O)N1[C@H](c2ccccc2)[C@H](c2ccccc2)OC(=O)[C@@H]1Br. The van der Waals surface area contributed by atoms with Crippen LogP contribution in [0.1, 0.15) is 44.0 Å². The molecule has 27 heavy (non-hydrogen) atoms. The Labute approximate surface area is 167 Å². The highest BCUT2D eigenvalue weighted by molar-refractivity contribution is 9.09. The van der Waals surface area contributed by atoms with Crippen molar-refractivity contribution in [3.63, 3.8) is 0 Å². The van der Waals surface area contributed by atoms with Crippen LogP contribution in [-0.4, -0.2) is 27.5 Å². The van der Waals surface area contributed by atoms with Gasteiger partial charge in [-0.2, -0.15) is 0 Å². The number of amides is 1. The van der Waals surface area contributed by atoms with Gasteiger partial charge in [0.05, 0.1) is 0 Å². The molecule has 0 radical (unpaired) electrons. The number of rotatable bonds is 2. The van der Waals surface area contributed by atoms with Crippen LogP contribution in [0.3, 0.4) is 0 Å². The molecular weight excluding hydrogens is 410 g/mol. The summed E-state index contributed by atoms with van der Waals surface area (Å²) in [4.78, 5) is 26.0. The summed E-state index contributed by atoms with van der Waals surface area (Å²) in [7, 11) is 0. The summed E-state index contributed by atoms with van der Waals surface area (Å²) in [6.07, 6.45) is -1.21. The molecule has 2 aromatic carbocycles. The fraction of sp³-hybridized carbons (Fsp3) is 0.333. The zero-order valence-corrected chi connectivity index (χ0v) is 17.0. The van der Waals surface area contributed by atoms with Crippen molar-refractivity contribution in [2.24, 2.45) is 0 Å². The predicted molar refractivity (Wildman–Crippen MR) is 105 cm³/mol. The Morgan fingerprint density at radius 3 is 2.04 bits per heavy atom. The zero-order valence-electron chi connectivity index (χ0n) is 15.5. The molecule has 6 heteroatoms. The second-order valence-corrected chi connectivity index (χ2v) is 8.21. The number of esters is 1. The summed E-state index contributed by atoms with van der Waals surface area (Å²) in [5, 5.41) is 0. The number of morpholine rings is 1.